The van der Waals surface area contributed by atoms with Gasteiger partial charge in [0.25, 0.3) is 0 Å². The number of unbranched alkanes of at least 4 members (excludes halogenated alkanes) is 2. The summed E-state index contributed by atoms with van der Waals surface area (Å²) in [5.74, 6) is 5.69. The molecule has 0 radical (unpaired) electrons. The number of aliphatic carboxylic acids is 1. The molecule has 0 saturated heterocycles. The number of nitrogens with zero attached hydrogens (tertiary/aromatic N) is 1. The standard InChI is InChI=1S/C22H32N2O5S.ClH.H2O/c1-2-3-17-30(27,28)23-21(22(25)26)18-19-9-11-20(12-10-19)29-16-8-7-15-24-13-5-4-6-14-24;;/h9-12,21,23H,2-3,5,7-8,13-18H2,1H3,(H,25,26);1H;1H2/t21-;;/m0../s1. The van der Waals surface area contributed by atoms with Gasteiger partial charge in [0.15, 0.2) is 0 Å². The van der Waals surface area contributed by atoms with Gasteiger partial charge in [0, 0.05) is 13.0 Å². The molecule has 1 atom stereocenters. The zero-order chi connectivity index (χ0) is 21.8. The molecule has 32 heavy (non-hydrogen) atoms. The Bertz CT molecular complexity index is 836. The molecular formula is C22H35ClN2O6S. The van der Waals surface area contributed by atoms with Crippen molar-refractivity contribution in [3.63, 3.8) is 0 Å². The molecule has 0 amide bonds. The van der Waals surface area contributed by atoms with Gasteiger partial charge in [-0.1, -0.05) is 31.4 Å². The van der Waals surface area contributed by atoms with E-state index in [1.165, 1.54) is 0 Å². The number of ether oxygens (including phenoxy) is 1. The lowest BCUT2D eigenvalue weighted by Crippen LogP contribution is -2.43. The van der Waals surface area contributed by atoms with Gasteiger partial charge in [-0.15, -0.1) is 18.3 Å². The maximum Gasteiger partial charge on any atom is 0.322 e. The number of carbonyl (C=O) groups is 1. The topological polar surface area (TPSA) is 127 Å². The Morgan fingerprint density at radius 1 is 1.22 bits per heavy atom. The van der Waals surface area contributed by atoms with E-state index in [9.17, 15) is 18.3 Å². The number of rotatable bonds is 14. The van der Waals surface area contributed by atoms with Crippen LogP contribution in [-0.2, 0) is 21.2 Å². The molecule has 1 aliphatic heterocycles. The molecule has 0 spiro atoms. The van der Waals surface area contributed by atoms with E-state index in [0.717, 1.165) is 56.6 Å². The summed E-state index contributed by atoms with van der Waals surface area (Å²) in [6.07, 6.45) is 4.27. The van der Waals surface area contributed by atoms with Crippen LogP contribution in [0.5, 0.6) is 5.75 Å². The van der Waals surface area contributed by atoms with Crippen LogP contribution in [0, 0.1) is 11.8 Å². The second kappa shape index (κ2) is 15.9. The molecule has 8 nitrogen and oxygen atoms in total. The highest BCUT2D eigenvalue weighted by Crippen LogP contribution is 2.15. The molecular weight excluding hydrogens is 456 g/mol. The van der Waals surface area contributed by atoms with Crippen molar-refractivity contribution in [3.05, 3.63) is 29.8 Å². The minimum absolute atomic E-state index is 0. The molecule has 1 heterocycles. The van der Waals surface area contributed by atoms with Crippen molar-refractivity contribution in [2.24, 2.45) is 0 Å². The fraction of sp³-hybridized carbons (Fsp3) is 0.591. The van der Waals surface area contributed by atoms with Gasteiger partial charge in [-0.2, -0.15) is 0 Å². The number of sulfonamides is 1. The molecule has 182 valence electrons. The van der Waals surface area contributed by atoms with Crippen LogP contribution in [0.2, 0.25) is 0 Å². The predicted octanol–water partition coefficient (Wildman–Crippen LogP) is 1.87. The van der Waals surface area contributed by atoms with Crippen molar-refractivity contribution in [3.8, 4) is 17.6 Å². The van der Waals surface area contributed by atoms with Crippen LogP contribution in [0.15, 0.2) is 24.3 Å². The third-order valence-electron chi connectivity index (χ3n) is 4.87. The first-order valence-corrected chi connectivity index (χ1v) is 12.2. The molecule has 10 heteroatoms. The van der Waals surface area contributed by atoms with Crippen LogP contribution in [0.1, 0.15) is 44.6 Å². The molecule has 2 rings (SSSR count). The summed E-state index contributed by atoms with van der Waals surface area (Å²) in [7, 11) is -3.61. The van der Waals surface area contributed by atoms with Crippen molar-refractivity contribution >= 4 is 28.4 Å². The fourth-order valence-electron chi connectivity index (χ4n) is 3.11. The third kappa shape index (κ3) is 11.7. The SMILES string of the molecule is CCCCS(=O)(=O)N[C@@H](Cc1ccc(OCCCCN2CC#CCC2)cc1)C(=O)O.Cl.O. The average Bonchev–Trinajstić information content (AvgIpc) is 2.73. The Balaban J connectivity index is 0.00000480. The number of benzene rings is 1. The van der Waals surface area contributed by atoms with Crippen LogP contribution >= 0.6 is 12.4 Å². The Labute approximate surface area is 197 Å². The Morgan fingerprint density at radius 2 is 1.94 bits per heavy atom. The molecule has 4 N–H and O–H groups in total. The second-order valence-corrected chi connectivity index (χ2v) is 9.34. The summed E-state index contributed by atoms with van der Waals surface area (Å²) in [6, 6.07) is 5.95. The minimum atomic E-state index is -3.61. The minimum Gasteiger partial charge on any atom is -0.494 e. The van der Waals surface area contributed by atoms with Crippen LogP contribution < -0.4 is 9.46 Å². The molecule has 0 fully saturated rings. The molecule has 0 bridgehead atoms. The molecule has 0 aliphatic carbocycles. The molecule has 0 aromatic heterocycles. The number of halogens is 1. The van der Waals surface area contributed by atoms with Crippen molar-refractivity contribution in [2.45, 2.75) is 51.5 Å². The predicted molar refractivity (Wildman–Crippen MR) is 128 cm³/mol. The van der Waals surface area contributed by atoms with Crippen LogP contribution in [0.3, 0.4) is 0 Å². The first kappa shape index (κ1) is 30.2. The lowest BCUT2D eigenvalue weighted by molar-refractivity contribution is -0.138. The molecule has 1 aliphatic rings. The van der Waals surface area contributed by atoms with Gasteiger partial charge in [-0.3, -0.25) is 9.69 Å². The van der Waals surface area contributed by atoms with Gasteiger partial charge in [-0.25, -0.2) is 13.1 Å². The largest absolute Gasteiger partial charge is 0.494 e. The van der Waals surface area contributed by atoms with Crippen LogP contribution in [0.4, 0.5) is 0 Å². The van der Waals surface area contributed by atoms with Crippen molar-refractivity contribution < 1.29 is 28.5 Å². The maximum atomic E-state index is 12.0. The smallest absolute Gasteiger partial charge is 0.322 e. The first-order valence-electron chi connectivity index (χ1n) is 10.5. The molecule has 0 saturated carbocycles. The highest BCUT2D eigenvalue weighted by atomic mass is 35.5. The summed E-state index contributed by atoms with van der Waals surface area (Å²) in [5, 5.41) is 9.38. The number of hydrogen-bond donors (Lipinski definition) is 2. The normalized spacial score (nSPS) is 14.3. The van der Waals surface area contributed by atoms with E-state index in [4.69, 9.17) is 4.74 Å². The van der Waals surface area contributed by atoms with Crippen molar-refractivity contribution in [1.82, 2.24) is 9.62 Å². The first-order chi connectivity index (χ1) is 14.4. The van der Waals surface area contributed by atoms with Gasteiger partial charge in [0.2, 0.25) is 10.0 Å². The summed E-state index contributed by atoms with van der Waals surface area (Å²) in [5.41, 5.74) is 0.735. The maximum absolute atomic E-state index is 12.0. The number of carboxylic acids is 1. The van der Waals surface area contributed by atoms with Crippen molar-refractivity contribution in [1.29, 1.82) is 0 Å². The fourth-order valence-corrected chi connectivity index (χ4v) is 4.52. The number of nitrogens with one attached hydrogen (secondary N) is 1. The highest BCUT2D eigenvalue weighted by molar-refractivity contribution is 7.89. The summed E-state index contributed by atoms with van der Waals surface area (Å²) < 4.78 is 32.1. The highest BCUT2D eigenvalue weighted by Gasteiger charge is 2.24. The number of hydrogen-bond acceptors (Lipinski definition) is 5. The van der Waals surface area contributed by atoms with E-state index in [1.807, 2.05) is 6.92 Å². The van der Waals surface area contributed by atoms with Crippen LogP contribution in [-0.4, -0.2) is 67.9 Å². The van der Waals surface area contributed by atoms with E-state index in [2.05, 4.69) is 21.5 Å². The van der Waals surface area contributed by atoms with Crippen molar-refractivity contribution in [2.75, 3.05) is 32.0 Å². The van der Waals surface area contributed by atoms with E-state index in [-0.39, 0.29) is 30.1 Å². The third-order valence-corrected chi connectivity index (χ3v) is 6.34. The quantitative estimate of drug-likeness (QED) is 0.302. The summed E-state index contributed by atoms with van der Waals surface area (Å²) >= 11 is 0. The van der Waals surface area contributed by atoms with Gasteiger partial charge in [0.05, 0.1) is 18.9 Å². The molecule has 1 aromatic carbocycles. The lowest BCUT2D eigenvalue weighted by Gasteiger charge is -2.20. The van der Waals surface area contributed by atoms with Crippen LogP contribution in [0.25, 0.3) is 0 Å². The molecule has 1 aromatic rings. The monoisotopic (exact) mass is 490 g/mol. The zero-order valence-electron chi connectivity index (χ0n) is 18.5. The Kier molecular flexibility index (Phi) is 15.0. The number of carboxylic acid groups (broad SMARTS) is 1. The Hall–Kier alpha value is -1.83. The zero-order valence-corrected chi connectivity index (χ0v) is 20.1. The van der Waals surface area contributed by atoms with Gasteiger partial charge in [0.1, 0.15) is 11.8 Å². The van der Waals surface area contributed by atoms with E-state index in [1.54, 1.807) is 24.3 Å². The Morgan fingerprint density at radius 3 is 2.53 bits per heavy atom. The lowest BCUT2D eigenvalue weighted by atomic mass is 10.1. The van der Waals surface area contributed by atoms with Gasteiger partial charge < -0.3 is 15.3 Å². The van der Waals surface area contributed by atoms with Gasteiger partial charge in [-0.05, 0) is 49.9 Å². The van der Waals surface area contributed by atoms with E-state index < -0.39 is 22.0 Å². The summed E-state index contributed by atoms with van der Waals surface area (Å²) in [4.78, 5) is 13.8. The second-order valence-electron chi connectivity index (χ2n) is 7.46. The summed E-state index contributed by atoms with van der Waals surface area (Å²) in [6.45, 7) is 5.43. The van der Waals surface area contributed by atoms with E-state index in [0.29, 0.717) is 13.0 Å². The molecule has 0 unspecified atom stereocenters. The average molecular weight is 491 g/mol. The van der Waals surface area contributed by atoms with Gasteiger partial charge >= 0.3 is 5.97 Å². The van der Waals surface area contributed by atoms with E-state index >= 15 is 0 Å².